The highest BCUT2D eigenvalue weighted by molar-refractivity contribution is 5.28. The zero-order valence-corrected chi connectivity index (χ0v) is 12.0. The number of nitrogens with two attached hydrogens (primary N) is 1. The van der Waals surface area contributed by atoms with E-state index >= 15 is 0 Å². The van der Waals surface area contributed by atoms with E-state index in [1.165, 1.54) is 25.9 Å². The molecule has 1 aromatic heterocycles. The second-order valence-corrected chi connectivity index (χ2v) is 5.56. The first-order chi connectivity index (χ1) is 9.19. The first-order valence-electron chi connectivity index (χ1n) is 7.09. The molecule has 2 heterocycles. The Morgan fingerprint density at radius 2 is 1.95 bits per heavy atom. The van der Waals surface area contributed by atoms with Gasteiger partial charge in [-0.05, 0) is 57.4 Å². The number of hydrogen-bond acceptors (Lipinski definition) is 5. The van der Waals surface area contributed by atoms with E-state index in [4.69, 9.17) is 5.73 Å². The molecule has 5 nitrogen and oxygen atoms in total. The summed E-state index contributed by atoms with van der Waals surface area (Å²) >= 11 is 0. The molecule has 106 valence electrons. The fourth-order valence-electron chi connectivity index (χ4n) is 2.55. The SMILES string of the molecule is CN1CCC(CN(C)c2ncc(CCN)cn2)CC1. The number of likely N-dealkylation sites (tertiary alicyclic amines) is 1. The summed E-state index contributed by atoms with van der Waals surface area (Å²) in [6.45, 7) is 4.10. The topological polar surface area (TPSA) is 58.3 Å². The fraction of sp³-hybridized carbons (Fsp3) is 0.714. The molecule has 0 radical (unpaired) electrons. The van der Waals surface area contributed by atoms with Crippen molar-refractivity contribution in [1.82, 2.24) is 14.9 Å². The molecule has 0 unspecified atom stereocenters. The third-order valence-electron chi connectivity index (χ3n) is 3.84. The molecule has 2 rings (SSSR count). The van der Waals surface area contributed by atoms with Gasteiger partial charge in [-0.2, -0.15) is 0 Å². The molecule has 1 aromatic rings. The molecule has 0 atom stereocenters. The van der Waals surface area contributed by atoms with Crippen LogP contribution in [0.3, 0.4) is 0 Å². The molecule has 1 fully saturated rings. The van der Waals surface area contributed by atoms with Crippen molar-refractivity contribution in [2.24, 2.45) is 11.7 Å². The van der Waals surface area contributed by atoms with Crippen molar-refractivity contribution in [2.45, 2.75) is 19.3 Å². The minimum absolute atomic E-state index is 0.647. The summed E-state index contributed by atoms with van der Waals surface area (Å²) in [5.41, 5.74) is 6.63. The molecule has 1 saturated heterocycles. The van der Waals surface area contributed by atoms with Crippen LogP contribution in [-0.2, 0) is 6.42 Å². The van der Waals surface area contributed by atoms with Gasteiger partial charge in [-0.25, -0.2) is 9.97 Å². The van der Waals surface area contributed by atoms with E-state index in [2.05, 4.69) is 33.9 Å². The molecule has 5 heteroatoms. The number of piperidine rings is 1. The second kappa shape index (κ2) is 6.82. The molecule has 19 heavy (non-hydrogen) atoms. The lowest BCUT2D eigenvalue weighted by atomic mass is 9.97. The van der Waals surface area contributed by atoms with Gasteiger partial charge in [0.2, 0.25) is 5.95 Å². The van der Waals surface area contributed by atoms with Gasteiger partial charge in [-0.3, -0.25) is 0 Å². The van der Waals surface area contributed by atoms with Crippen molar-refractivity contribution < 1.29 is 0 Å². The molecule has 0 amide bonds. The third-order valence-corrected chi connectivity index (χ3v) is 3.84. The van der Waals surface area contributed by atoms with Gasteiger partial charge in [-0.15, -0.1) is 0 Å². The molecule has 1 aliphatic heterocycles. The van der Waals surface area contributed by atoms with Gasteiger partial charge in [0.15, 0.2) is 0 Å². The van der Waals surface area contributed by atoms with Crippen molar-refractivity contribution in [3.8, 4) is 0 Å². The number of anilines is 1. The van der Waals surface area contributed by atoms with E-state index in [0.29, 0.717) is 6.54 Å². The quantitative estimate of drug-likeness (QED) is 0.850. The van der Waals surface area contributed by atoms with Crippen LogP contribution in [0.5, 0.6) is 0 Å². The van der Waals surface area contributed by atoms with E-state index < -0.39 is 0 Å². The predicted molar refractivity (Wildman–Crippen MR) is 78.3 cm³/mol. The number of aromatic nitrogens is 2. The molecule has 0 aromatic carbocycles. The summed E-state index contributed by atoms with van der Waals surface area (Å²) in [6.07, 6.45) is 7.16. The Hall–Kier alpha value is -1.20. The number of rotatable bonds is 5. The smallest absolute Gasteiger partial charge is 0.224 e. The molecule has 0 aliphatic carbocycles. The van der Waals surface area contributed by atoms with E-state index in [1.54, 1.807) is 0 Å². The van der Waals surface area contributed by atoms with E-state index in [-0.39, 0.29) is 0 Å². The molecular weight excluding hydrogens is 238 g/mol. The second-order valence-electron chi connectivity index (χ2n) is 5.56. The molecular formula is C14H25N5. The van der Waals surface area contributed by atoms with Gasteiger partial charge in [0, 0.05) is 26.0 Å². The van der Waals surface area contributed by atoms with Crippen LogP contribution in [0.25, 0.3) is 0 Å². The molecule has 1 aliphatic rings. The lowest BCUT2D eigenvalue weighted by Gasteiger charge is -2.31. The van der Waals surface area contributed by atoms with Crippen LogP contribution in [0.2, 0.25) is 0 Å². The van der Waals surface area contributed by atoms with Crippen LogP contribution in [0.4, 0.5) is 5.95 Å². The monoisotopic (exact) mass is 263 g/mol. The Morgan fingerprint density at radius 1 is 1.32 bits per heavy atom. The first kappa shape index (κ1) is 14.2. The fourth-order valence-corrected chi connectivity index (χ4v) is 2.55. The van der Waals surface area contributed by atoms with Gasteiger partial charge in [0.05, 0.1) is 0 Å². The minimum Gasteiger partial charge on any atom is -0.344 e. The van der Waals surface area contributed by atoms with E-state index in [9.17, 15) is 0 Å². The third kappa shape index (κ3) is 4.14. The average molecular weight is 263 g/mol. The predicted octanol–water partition coefficient (Wildman–Crippen LogP) is 0.756. The maximum atomic E-state index is 5.52. The van der Waals surface area contributed by atoms with Crippen LogP contribution in [0.1, 0.15) is 18.4 Å². The Morgan fingerprint density at radius 3 is 2.53 bits per heavy atom. The van der Waals surface area contributed by atoms with Gasteiger partial charge in [0.1, 0.15) is 0 Å². The van der Waals surface area contributed by atoms with Crippen molar-refractivity contribution in [2.75, 3.05) is 45.2 Å². The summed E-state index contributed by atoms with van der Waals surface area (Å²) in [7, 11) is 4.27. The standard InChI is InChI=1S/C14H25N5/c1-18-7-4-12(5-8-18)11-19(2)14-16-9-13(3-6-15)10-17-14/h9-10,12H,3-8,11,15H2,1-2H3. The summed E-state index contributed by atoms with van der Waals surface area (Å²) in [5.74, 6) is 1.58. The zero-order valence-electron chi connectivity index (χ0n) is 12.0. The van der Waals surface area contributed by atoms with Crippen LogP contribution < -0.4 is 10.6 Å². The van der Waals surface area contributed by atoms with Crippen LogP contribution >= 0.6 is 0 Å². The van der Waals surface area contributed by atoms with Gasteiger partial charge in [-0.1, -0.05) is 0 Å². The van der Waals surface area contributed by atoms with Crippen molar-refractivity contribution in [3.63, 3.8) is 0 Å². The Kier molecular flexibility index (Phi) is 5.10. The largest absolute Gasteiger partial charge is 0.344 e. The summed E-state index contributed by atoms with van der Waals surface area (Å²) in [6, 6.07) is 0. The molecule has 2 N–H and O–H groups in total. The summed E-state index contributed by atoms with van der Waals surface area (Å²) in [4.78, 5) is 13.4. The molecule has 0 spiro atoms. The first-order valence-corrected chi connectivity index (χ1v) is 7.09. The molecule has 0 saturated carbocycles. The Balaban J connectivity index is 1.86. The van der Waals surface area contributed by atoms with Crippen LogP contribution in [0.15, 0.2) is 12.4 Å². The van der Waals surface area contributed by atoms with Gasteiger partial charge in [0.25, 0.3) is 0 Å². The molecule has 0 bridgehead atoms. The average Bonchev–Trinajstić information content (AvgIpc) is 2.42. The van der Waals surface area contributed by atoms with Crippen molar-refractivity contribution >= 4 is 5.95 Å². The number of hydrogen-bond donors (Lipinski definition) is 1. The zero-order chi connectivity index (χ0) is 13.7. The lowest BCUT2D eigenvalue weighted by molar-refractivity contribution is 0.222. The van der Waals surface area contributed by atoms with Gasteiger partial charge < -0.3 is 15.5 Å². The van der Waals surface area contributed by atoms with Crippen LogP contribution in [-0.4, -0.2) is 55.1 Å². The summed E-state index contributed by atoms with van der Waals surface area (Å²) < 4.78 is 0. The summed E-state index contributed by atoms with van der Waals surface area (Å²) in [5, 5.41) is 0. The van der Waals surface area contributed by atoms with E-state index in [1.807, 2.05) is 12.4 Å². The number of nitrogens with zero attached hydrogens (tertiary/aromatic N) is 4. The highest BCUT2D eigenvalue weighted by Gasteiger charge is 2.19. The highest BCUT2D eigenvalue weighted by atomic mass is 15.2. The van der Waals surface area contributed by atoms with Crippen molar-refractivity contribution in [3.05, 3.63) is 18.0 Å². The normalized spacial score (nSPS) is 17.6. The minimum atomic E-state index is 0.647. The lowest BCUT2D eigenvalue weighted by Crippen LogP contribution is -2.36. The van der Waals surface area contributed by atoms with Gasteiger partial charge >= 0.3 is 0 Å². The maximum absolute atomic E-state index is 5.52. The van der Waals surface area contributed by atoms with Crippen LogP contribution in [0, 0.1) is 5.92 Å². The highest BCUT2D eigenvalue weighted by Crippen LogP contribution is 2.18. The Labute approximate surface area is 115 Å². The maximum Gasteiger partial charge on any atom is 0.224 e. The Bertz CT molecular complexity index is 370. The van der Waals surface area contributed by atoms with Crippen molar-refractivity contribution in [1.29, 1.82) is 0 Å². The van der Waals surface area contributed by atoms with E-state index in [0.717, 1.165) is 30.4 Å².